The molecule has 1 amide bonds. The second-order valence-electron chi connectivity index (χ2n) is 4.28. The zero-order chi connectivity index (χ0) is 15.7. The van der Waals surface area contributed by atoms with E-state index in [1.807, 2.05) is 22.6 Å². The summed E-state index contributed by atoms with van der Waals surface area (Å²) < 4.78 is 42.1. The molecule has 0 aliphatic rings. The third-order valence-electron chi connectivity index (χ3n) is 2.94. The molecule has 0 aliphatic heterocycles. The smallest absolute Gasteiger partial charge is 0.250 e. The quantitative estimate of drug-likeness (QED) is 0.793. The van der Waals surface area contributed by atoms with Crippen LogP contribution in [-0.4, -0.2) is 13.0 Å². The van der Waals surface area contributed by atoms with Crippen LogP contribution in [0.1, 0.15) is 10.4 Å². The summed E-state index contributed by atoms with van der Waals surface area (Å²) in [4.78, 5) is 12.4. The van der Waals surface area contributed by atoms with Crippen molar-refractivity contribution in [3.8, 4) is 0 Å². The lowest BCUT2D eigenvalue weighted by molar-refractivity contribution is 0.100. The Kier molecular flexibility index (Phi) is 4.40. The Hall–Kier alpha value is -1.77. The molecular weight excluding hydrogens is 396 g/mol. The van der Waals surface area contributed by atoms with Gasteiger partial charge in [-0.3, -0.25) is 4.79 Å². The molecule has 0 bridgehead atoms. The van der Waals surface area contributed by atoms with Crippen LogP contribution in [0.4, 0.5) is 24.5 Å². The summed E-state index contributed by atoms with van der Waals surface area (Å²) in [6.07, 6.45) is 0. The van der Waals surface area contributed by atoms with Crippen LogP contribution in [0.15, 0.2) is 30.3 Å². The maximum absolute atomic E-state index is 14.0. The number of anilines is 2. The Morgan fingerprint density at radius 1 is 1.14 bits per heavy atom. The molecule has 21 heavy (non-hydrogen) atoms. The normalized spacial score (nSPS) is 10.5. The molecule has 0 fully saturated rings. The highest BCUT2D eigenvalue weighted by molar-refractivity contribution is 14.1. The van der Waals surface area contributed by atoms with Crippen LogP contribution in [0.2, 0.25) is 0 Å². The Morgan fingerprint density at radius 2 is 1.81 bits per heavy atom. The summed E-state index contributed by atoms with van der Waals surface area (Å²) >= 11 is 1.92. The first-order valence-electron chi connectivity index (χ1n) is 5.79. The van der Waals surface area contributed by atoms with Crippen molar-refractivity contribution in [2.45, 2.75) is 0 Å². The Labute approximate surface area is 132 Å². The number of primary amides is 1. The predicted molar refractivity (Wildman–Crippen MR) is 82.1 cm³/mol. The van der Waals surface area contributed by atoms with Crippen molar-refractivity contribution in [2.24, 2.45) is 5.73 Å². The fraction of sp³-hybridized carbons (Fsp3) is 0.0714. The van der Waals surface area contributed by atoms with Crippen LogP contribution in [0.25, 0.3) is 0 Å². The first kappa shape index (κ1) is 15.6. The zero-order valence-corrected chi connectivity index (χ0v) is 13.0. The highest BCUT2D eigenvalue weighted by Crippen LogP contribution is 2.33. The molecule has 7 heteroatoms. The van der Waals surface area contributed by atoms with Gasteiger partial charge in [0.25, 0.3) is 5.91 Å². The highest BCUT2D eigenvalue weighted by Gasteiger charge is 2.22. The second kappa shape index (κ2) is 5.92. The molecule has 3 nitrogen and oxygen atoms in total. The van der Waals surface area contributed by atoms with E-state index < -0.39 is 29.0 Å². The fourth-order valence-corrected chi connectivity index (χ4v) is 2.39. The monoisotopic (exact) mass is 406 g/mol. The van der Waals surface area contributed by atoms with E-state index in [4.69, 9.17) is 5.73 Å². The van der Waals surface area contributed by atoms with E-state index in [9.17, 15) is 18.0 Å². The van der Waals surface area contributed by atoms with Gasteiger partial charge >= 0.3 is 0 Å². The van der Waals surface area contributed by atoms with E-state index in [1.165, 1.54) is 19.2 Å². The van der Waals surface area contributed by atoms with E-state index in [-0.39, 0.29) is 11.3 Å². The number of rotatable bonds is 3. The summed E-state index contributed by atoms with van der Waals surface area (Å²) in [5.74, 6) is -3.95. The summed E-state index contributed by atoms with van der Waals surface area (Å²) in [5, 5.41) is 0. The topological polar surface area (TPSA) is 46.3 Å². The van der Waals surface area contributed by atoms with Crippen LogP contribution in [0.3, 0.4) is 0 Å². The largest absolute Gasteiger partial charge is 0.366 e. The van der Waals surface area contributed by atoms with Crippen LogP contribution in [-0.2, 0) is 0 Å². The molecule has 0 radical (unpaired) electrons. The van der Waals surface area contributed by atoms with Crippen LogP contribution in [0.5, 0.6) is 0 Å². The number of nitrogens with two attached hydrogens (primary N) is 1. The number of nitrogens with zero attached hydrogens (tertiary/aromatic N) is 1. The molecule has 110 valence electrons. The maximum Gasteiger partial charge on any atom is 0.250 e. The lowest BCUT2D eigenvalue weighted by Gasteiger charge is -2.23. The van der Waals surface area contributed by atoms with Gasteiger partial charge in [-0.25, -0.2) is 13.2 Å². The van der Waals surface area contributed by atoms with Gasteiger partial charge < -0.3 is 10.6 Å². The molecule has 2 rings (SSSR count). The minimum absolute atomic E-state index is 0.00224. The van der Waals surface area contributed by atoms with Crippen molar-refractivity contribution in [1.29, 1.82) is 0 Å². The molecule has 0 aliphatic carbocycles. The van der Waals surface area contributed by atoms with Crippen molar-refractivity contribution < 1.29 is 18.0 Å². The lowest BCUT2D eigenvalue weighted by atomic mass is 10.1. The van der Waals surface area contributed by atoms with E-state index >= 15 is 0 Å². The minimum Gasteiger partial charge on any atom is -0.366 e. The molecule has 0 heterocycles. The van der Waals surface area contributed by atoms with Crippen LogP contribution >= 0.6 is 22.6 Å². The molecule has 0 saturated heterocycles. The Bertz CT molecular complexity index is 722. The summed E-state index contributed by atoms with van der Waals surface area (Å²) in [6.45, 7) is 0. The van der Waals surface area contributed by atoms with E-state index in [0.717, 1.165) is 17.0 Å². The average molecular weight is 406 g/mol. The van der Waals surface area contributed by atoms with Gasteiger partial charge in [0.1, 0.15) is 5.82 Å². The number of hydrogen-bond donors (Lipinski definition) is 1. The van der Waals surface area contributed by atoms with Gasteiger partial charge in [0.2, 0.25) is 0 Å². The summed E-state index contributed by atoms with van der Waals surface area (Å²) in [5.41, 5.74) is 4.54. The van der Waals surface area contributed by atoms with Crippen LogP contribution in [0, 0.1) is 21.0 Å². The van der Waals surface area contributed by atoms with Gasteiger partial charge in [-0.15, -0.1) is 0 Å². The van der Waals surface area contributed by atoms with E-state index in [2.05, 4.69) is 0 Å². The summed E-state index contributed by atoms with van der Waals surface area (Å²) in [7, 11) is 1.33. The summed E-state index contributed by atoms with van der Waals surface area (Å²) in [6, 6.07) is 6.13. The van der Waals surface area contributed by atoms with Gasteiger partial charge in [0.15, 0.2) is 11.6 Å². The van der Waals surface area contributed by atoms with Gasteiger partial charge in [-0.1, -0.05) is 0 Å². The lowest BCUT2D eigenvalue weighted by Crippen LogP contribution is -2.21. The fourth-order valence-electron chi connectivity index (χ4n) is 1.94. The number of carbonyl (C=O) groups is 1. The molecule has 2 aromatic carbocycles. The molecule has 0 saturated carbocycles. The first-order chi connectivity index (χ1) is 9.82. The molecule has 2 N–H and O–H groups in total. The molecule has 0 aromatic heterocycles. The van der Waals surface area contributed by atoms with E-state index in [1.54, 1.807) is 6.07 Å². The molecule has 2 aromatic rings. The van der Waals surface area contributed by atoms with Gasteiger partial charge in [0.05, 0.1) is 16.9 Å². The molecule has 0 unspecified atom stereocenters. The van der Waals surface area contributed by atoms with Crippen LogP contribution < -0.4 is 10.6 Å². The average Bonchev–Trinajstić information content (AvgIpc) is 2.40. The molecule has 0 atom stereocenters. The predicted octanol–water partition coefficient (Wildman–Crippen LogP) is 3.58. The van der Waals surface area contributed by atoms with Crippen molar-refractivity contribution in [3.05, 3.63) is 56.9 Å². The minimum atomic E-state index is -1.26. The highest BCUT2D eigenvalue weighted by atomic mass is 127. The number of benzene rings is 2. The SMILES string of the molecule is CN(c1ccc(I)cc1F)c1c(C(N)=O)ccc(F)c1F. The number of amides is 1. The first-order valence-corrected chi connectivity index (χ1v) is 6.87. The number of hydrogen-bond acceptors (Lipinski definition) is 2. The van der Waals surface area contributed by atoms with Crippen molar-refractivity contribution in [3.63, 3.8) is 0 Å². The van der Waals surface area contributed by atoms with Gasteiger partial charge in [-0.05, 0) is 52.9 Å². The second-order valence-corrected chi connectivity index (χ2v) is 5.52. The third kappa shape index (κ3) is 2.97. The maximum atomic E-state index is 14.0. The van der Waals surface area contributed by atoms with Crippen molar-refractivity contribution in [2.75, 3.05) is 11.9 Å². The zero-order valence-electron chi connectivity index (χ0n) is 10.8. The van der Waals surface area contributed by atoms with Crippen molar-refractivity contribution >= 4 is 39.9 Å². The Morgan fingerprint density at radius 3 is 2.38 bits per heavy atom. The van der Waals surface area contributed by atoms with Gasteiger partial charge in [0, 0.05) is 10.6 Å². The molecule has 0 spiro atoms. The number of carbonyl (C=O) groups excluding carboxylic acids is 1. The Balaban J connectivity index is 2.64. The molecular formula is C14H10F3IN2O. The van der Waals surface area contributed by atoms with E-state index in [0.29, 0.717) is 3.57 Å². The standard InChI is InChI=1S/C14H10F3IN2O/c1-20(11-5-2-7(18)6-10(11)16)13-8(14(19)21)3-4-9(15)12(13)17/h2-6H,1H3,(H2,19,21). The van der Waals surface area contributed by atoms with Gasteiger partial charge in [-0.2, -0.15) is 0 Å². The van der Waals surface area contributed by atoms with Crippen molar-refractivity contribution in [1.82, 2.24) is 0 Å². The third-order valence-corrected chi connectivity index (χ3v) is 3.61. The number of halogens is 4.